The van der Waals surface area contributed by atoms with Gasteiger partial charge in [-0.3, -0.25) is 9.59 Å². The number of anilines is 1. The number of hydrogen-bond donors (Lipinski definition) is 0. The summed E-state index contributed by atoms with van der Waals surface area (Å²) < 4.78 is 4.57. The molecular weight excluding hydrogens is 518 g/mol. The number of nitrogens with zero attached hydrogens (tertiary/aromatic N) is 1. The number of halogens is 1. The standard InChI is InChI=1S/C30H26BrNO4/c1-2-3-8-17-36-29(35)18-13-15-19(16-14-18)32-27(33)25-24-20-9-4-6-11-22(20)30(31,26(25)28(32)34)23-12-7-5-10-21(23)24/h4-7,9-16,24-26H,2-3,8,17H2,1H3/t24?,25-,26+,30?/m1/s1. The Morgan fingerprint density at radius 2 is 1.50 bits per heavy atom. The molecule has 7 rings (SSSR count). The van der Waals surface area contributed by atoms with Gasteiger partial charge in [-0.1, -0.05) is 84.2 Å². The van der Waals surface area contributed by atoms with Crippen LogP contribution in [0.25, 0.3) is 0 Å². The van der Waals surface area contributed by atoms with E-state index in [9.17, 15) is 14.4 Å². The smallest absolute Gasteiger partial charge is 0.338 e. The summed E-state index contributed by atoms with van der Waals surface area (Å²) in [6.45, 7) is 2.48. The lowest BCUT2D eigenvalue weighted by Crippen LogP contribution is -2.50. The van der Waals surface area contributed by atoms with Crippen molar-refractivity contribution in [1.29, 1.82) is 0 Å². The van der Waals surface area contributed by atoms with Crippen LogP contribution in [0.1, 0.15) is 64.7 Å². The van der Waals surface area contributed by atoms with Gasteiger partial charge in [0.25, 0.3) is 0 Å². The molecule has 1 heterocycles. The van der Waals surface area contributed by atoms with Gasteiger partial charge in [0.1, 0.15) is 0 Å². The molecule has 0 aromatic heterocycles. The van der Waals surface area contributed by atoms with E-state index in [1.165, 1.54) is 4.90 Å². The molecule has 0 unspecified atom stereocenters. The van der Waals surface area contributed by atoms with Crippen molar-refractivity contribution < 1.29 is 19.1 Å². The fourth-order valence-electron chi connectivity index (χ4n) is 6.28. The summed E-state index contributed by atoms with van der Waals surface area (Å²) >= 11 is 4.01. The molecule has 1 fully saturated rings. The molecule has 5 nitrogen and oxygen atoms in total. The van der Waals surface area contributed by atoms with E-state index in [0.29, 0.717) is 17.9 Å². The van der Waals surface area contributed by atoms with Crippen molar-refractivity contribution in [2.24, 2.45) is 11.8 Å². The van der Waals surface area contributed by atoms with Crippen LogP contribution in [-0.4, -0.2) is 24.4 Å². The van der Waals surface area contributed by atoms with Gasteiger partial charge in [0.2, 0.25) is 11.8 Å². The third-order valence-electron chi connectivity index (χ3n) is 7.86. The average Bonchev–Trinajstić information content (AvgIpc) is 3.18. The molecule has 4 aliphatic rings. The van der Waals surface area contributed by atoms with Crippen LogP contribution >= 0.6 is 15.9 Å². The zero-order valence-electron chi connectivity index (χ0n) is 19.9. The second kappa shape index (κ2) is 8.70. The first-order valence-corrected chi connectivity index (χ1v) is 13.3. The number of carbonyl (C=O) groups is 3. The first-order valence-electron chi connectivity index (χ1n) is 12.5. The molecule has 0 N–H and O–H groups in total. The topological polar surface area (TPSA) is 63.7 Å². The van der Waals surface area contributed by atoms with Crippen molar-refractivity contribution in [3.8, 4) is 0 Å². The number of unbranched alkanes of at least 4 members (excludes halogenated alkanes) is 2. The van der Waals surface area contributed by atoms with Crippen molar-refractivity contribution in [3.05, 3.63) is 101 Å². The van der Waals surface area contributed by atoms with Gasteiger partial charge in [-0.05, 0) is 52.9 Å². The predicted octanol–water partition coefficient (Wildman–Crippen LogP) is 5.94. The minimum Gasteiger partial charge on any atom is -0.462 e. The van der Waals surface area contributed by atoms with Gasteiger partial charge in [-0.15, -0.1) is 0 Å². The number of benzene rings is 3. The summed E-state index contributed by atoms with van der Waals surface area (Å²) in [5.41, 5.74) is 5.18. The monoisotopic (exact) mass is 543 g/mol. The Labute approximate surface area is 218 Å². The van der Waals surface area contributed by atoms with Crippen molar-refractivity contribution >= 4 is 39.4 Å². The Kier molecular flexibility index (Phi) is 5.60. The third kappa shape index (κ3) is 3.16. The normalized spacial score (nSPS) is 25.4. The molecule has 1 saturated heterocycles. The summed E-state index contributed by atoms with van der Waals surface area (Å²) in [6.07, 6.45) is 2.90. The molecule has 36 heavy (non-hydrogen) atoms. The Morgan fingerprint density at radius 1 is 0.889 bits per heavy atom. The van der Waals surface area contributed by atoms with E-state index in [0.717, 1.165) is 41.5 Å². The number of ether oxygens (including phenoxy) is 1. The lowest BCUT2D eigenvalue weighted by molar-refractivity contribution is -0.122. The Balaban J connectivity index is 1.35. The van der Waals surface area contributed by atoms with Gasteiger partial charge < -0.3 is 4.74 Å². The van der Waals surface area contributed by atoms with Crippen molar-refractivity contribution in [1.82, 2.24) is 0 Å². The number of esters is 1. The summed E-state index contributed by atoms with van der Waals surface area (Å²) in [7, 11) is 0. The molecule has 0 radical (unpaired) electrons. The molecular formula is C30H26BrNO4. The van der Waals surface area contributed by atoms with E-state index in [-0.39, 0.29) is 17.7 Å². The highest BCUT2D eigenvalue weighted by Crippen LogP contribution is 2.66. The number of amides is 2. The Morgan fingerprint density at radius 3 is 2.11 bits per heavy atom. The second-order valence-corrected chi connectivity index (χ2v) is 11.0. The van der Waals surface area contributed by atoms with E-state index in [1.807, 2.05) is 24.3 Å². The molecule has 2 atom stereocenters. The molecule has 182 valence electrons. The molecule has 0 saturated carbocycles. The fourth-order valence-corrected chi connectivity index (χ4v) is 7.48. The minimum absolute atomic E-state index is 0.180. The summed E-state index contributed by atoms with van der Waals surface area (Å²) in [4.78, 5) is 41.6. The van der Waals surface area contributed by atoms with Gasteiger partial charge in [-0.2, -0.15) is 0 Å². The van der Waals surface area contributed by atoms with Crippen LogP contribution in [0, 0.1) is 11.8 Å². The molecule has 3 aliphatic carbocycles. The van der Waals surface area contributed by atoms with Crippen LogP contribution in [0.3, 0.4) is 0 Å². The van der Waals surface area contributed by atoms with Gasteiger partial charge in [0, 0.05) is 5.92 Å². The van der Waals surface area contributed by atoms with Gasteiger partial charge in [0.05, 0.1) is 34.0 Å². The Bertz CT molecular complexity index is 1330. The van der Waals surface area contributed by atoms with E-state index >= 15 is 0 Å². The molecule has 3 aromatic carbocycles. The summed E-state index contributed by atoms with van der Waals surface area (Å²) in [5, 5.41) is 0. The van der Waals surface area contributed by atoms with Gasteiger partial charge in [0.15, 0.2) is 0 Å². The van der Waals surface area contributed by atoms with Crippen LogP contribution in [0.5, 0.6) is 0 Å². The van der Waals surface area contributed by atoms with E-state index in [1.54, 1.807) is 24.3 Å². The van der Waals surface area contributed by atoms with E-state index < -0.39 is 22.1 Å². The number of carbonyl (C=O) groups excluding carboxylic acids is 3. The molecule has 0 spiro atoms. The maximum atomic E-state index is 14.0. The molecule has 6 heteroatoms. The number of alkyl halides is 1. The van der Waals surface area contributed by atoms with Crippen molar-refractivity contribution in [2.75, 3.05) is 11.5 Å². The van der Waals surface area contributed by atoms with Gasteiger partial charge in [-0.25, -0.2) is 9.69 Å². The van der Waals surface area contributed by atoms with Crippen LogP contribution < -0.4 is 4.90 Å². The number of imide groups is 1. The first-order chi connectivity index (χ1) is 17.5. The highest BCUT2D eigenvalue weighted by atomic mass is 79.9. The largest absolute Gasteiger partial charge is 0.462 e. The second-order valence-electron chi connectivity index (χ2n) is 9.77. The maximum absolute atomic E-state index is 14.0. The zero-order chi connectivity index (χ0) is 25.0. The third-order valence-corrected chi connectivity index (χ3v) is 9.20. The molecule has 2 bridgehead atoms. The predicted molar refractivity (Wildman–Crippen MR) is 140 cm³/mol. The van der Waals surface area contributed by atoms with Crippen LogP contribution in [-0.2, 0) is 18.7 Å². The first kappa shape index (κ1) is 23.2. The van der Waals surface area contributed by atoms with E-state index in [4.69, 9.17) is 4.74 Å². The summed E-state index contributed by atoms with van der Waals surface area (Å²) in [6, 6.07) is 22.8. The maximum Gasteiger partial charge on any atom is 0.338 e. The lowest BCUT2D eigenvalue weighted by atomic mass is 9.55. The summed E-state index contributed by atoms with van der Waals surface area (Å²) in [5.74, 6) is -2.04. The molecule has 2 amide bonds. The average molecular weight is 544 g/mol. The van der Waals surface area contributed by atoms with Crippen molar-refractivity contribution in [3.63, 3.8) is 0 Å². The van der Waals surface area contributed by atoms with Gasteiger partial charge >= 0.3 is 5.97 Å². The van der Waals surface area contributed by atoms with Crippen LogP contribution in [0.4, 0.5) is 5.69 Å². The molecule has 1 aliphatic heterocycles. The lowest BCUT2D eigenvalue weighted by Gasteiger charge is -2.51. The van der Waals surface area contributed by atoms with Crippen molar-refractivity contribution in [2.45, 2.75) is 36.4 Å². The van der Waals surface area contributed by atoms with Crippen LogP contribution in [0.15, 0.2) is 72.8 Å². The molecule has 3 aromatic rings. The Hall–Kier alpha value is -3.25. The number of hydrogen-bond acceptors (Lipinski definition) is 4. The van der Waals surface area contributed by atoms with E-state index in [2.05, 4.69) is 47.1 Å². The quantitative estimate of drug-likeness (QED) is 0.167. The minimum atomic E-state index is -0.774. The SMILES string of the molecule is CCCCCOC(=O)c1ccc(N2C(=O)[C@@H]3C4c5ccccc5C(Br)(c5ccccc54)[C@@H]3C2=O)cc1. The highest BCUT2D eigenvalue weighted by molar-refractivity contribution is 9.09. The zero-order valence-corrected chi connectivity index (χ0v) is 21.5. The fraction of sp³-hybridized carbons (Fsp3) is 0.300. The number of rotatable bonds is 6. The highest BCUT2D eigenvalue weighted by Gasteiger charge is 2.67. The van der Waals surface area contributed by atoms with Crippen LogP contribution in [0.2, 0.25) is 0 Å².